The minimum atomic E-state index is -0.357. The van der Waals surface area contributed by atoms with Crippen LogP contribution in [0.2, 0.25) is 0 Å². The van der Waals surface area contributed by atoms with Crippen LogP contribution in [-0.4, -0.2) is 39.1 Å². The van der Waals surface area contributed by atoms with E-state index in [0.717, 1.165) is 21.4 Å². The number of aromatic amines is 1. The van der Waals surface area contributed by atoms with E-state index in [-0.39, 0.29) is 11.2 Å². The average Bonchev–Trinajstić information content (AvgIpc) is 3.04. The second-order valence-electron chi connectivity index (χ2n) is 5.64. The first-order valence-corrected chi connectivity index (χ1v) is 8.86. The monoisotopic (exact) mass is 368 g/mol. The van der Waals surface area contributed by atoms with Crippen molar-refractivity contribution >= 4 is 40.6 Å². The molecule has 132 valence electrons. The summed E-state index contributed by atoms with van der Waals surface area (Å²) in [6.45, 7) is 1.79. The van der Waals surface area contributed by atoms with Crippen LogP contribution in [0.1, 0.15) is 12.5 Å². The van der Waals surface area contributed by atoms with Gasteiger partial charge < -0.3 is 4.98 Å². The molecule has 0 radical (unpaired) electrons. The maximum Gasteiger partial charge on any atom is 0.255 e. The smallest absolute Gasteiger partial charge is 0.255 e. The first-order valence-electron chi connectivity index (χ1n) is 7.98. The molecule has 0 saturated heterocycles. The second kappa shape index (κ2) is 7.92. The van der Waals surface area contributed by atoms with Gasteiger partial charge in [-0.25, -0.2) is 10.4 Å². The summed E-state index contributed by atoms with van der Waals surface area (Å²) in [7, 11) is 1.43. The van der Waals surface area contributed by atoms with Crippen LogP contribution < -0.4 is 5.43 Å². The Labute approximate surface area is 154 Å². The summed E-state index contributed by atoms with van der Waals surface area (Å²) in [4.78, 5) is 30.9. The Morgan fingerprint density at radius 2 is 2.00 bits per heavy atom. The van der Waals surface area contributed by atoms with Crippen molar-refractivity contribution in [3.63, 3.8) is 0 Å². The van der Waals surface area contributed by atoms with E-state index in [1.807, 2.05) is 24.3 Å². The average molecular weight is 368 g/mol. The molecule has 1 heterocycles. The third-order valence-corrected chi connectivity index (χ3v) is 4.65. The number of nitrogens with zero attached hydrogens (tertiary/aromatic N) is 3. The van der Waals surface area contributed by atoms with Crippen LogP contribution in [0.3, 0.4) is 0 Å². The fourth-order valence-corrected chi connectivity index (χ4v) is 3.05. The molecule has 2 aromatic carbocycles. The predicted molar refractivity (Wildman–Crippen MR) is 103 cm³/mol. The van der Waals surface area contributed by atoms with Gasteiger partial charge in [0.2, 0.25) is 0 Å². The summed E-state index contributed by atoms with van der Waals surface area (Å²) in [6, 6.07) is 14.6. The number of nitroso groups, excluding NO2 is 1. The number of hydrogen-bond donors (Lipinski definition) is 2. The van der Waals surface area contributed by atoms with Crippen molar-refractivity contribution in [3.05, 3.63) is 59.0 Å². The number of H-pyrrole nitrogens is 1. The summed E-state index contributed by atoms with van der Waals surface area (Å²) in [6.07, 6.45) is 1.53. The van der Waals surface area contributed by atoms with Crippen LogP contribution in [0.5, 0.6) is 0 Å². The molecular weight excluding hydrogens is 350 g/mol. The second-order valence-corrected chi connectivity index (χ2v) is 6.97. The number of carbonyl (C=O) groups excluding carboxylic acids is 1. The third-order valence-electron chi connectivity index (χ3n) is 3.67. The number of aromatic nitrogens is 2. The van der Waals surface area contributed by atoms with Crippen LogP contribution in [0.25, 0.3) is 11.0 Å². The first kappa shape index (κ1) is 17.8. The maximum atomic E-state index is 12.2. The fourth-order valence-electron chi connectivity index (χ4n) is 2.24. The number of fused-ring (bicyclic) bond motifs is 1. The van der Waals surface area contributed by atoms with Gasteiger partial charge in [-0.15, -0.1) is 0 Å². The summed E-state index contributed by atoms with van der Waals surface area (Å²) >= 11 is 1.34. The zero-order chi connectivity index (χ0) is 18.5. The zero-order valence-electron chi connectivity index (χ0n) is 14.3. The molecule has 0 saturated carbocycles. The molecular formula is C18H18N5O2S+. The number of hydrogen-bond acceptors (Lipinski definition) is 5. The quantitative estimate of drug-likeness (QED) is 0.302. The molecule has 0 aliphatic rings. The topological polar surface area (TPSA) is 90.2 Å². The maximum absolute atomic E-state index is 12.2. The lowest BCUT2D eigenvalue weighted by atomic mass is 10.2. The highest BCUT2D eigenvalue weighted by atomic mass is 32.2. The van der Waals surface area contributed by atoms with E-state index in [1.54, 1.807) is 31.2 Å². The van der Waals surface area contributed by atoms with E-state index in [2.05, 4.69) is 20.5 Å². The molecule has 0 fully saturated rings. The van der Waals surface area contributed by atoms with Crippen molar-refractivity contribution in [2.24, 2.45) is 5.10 Å². The summed E-state index contributed by atoms with van der Waals surface area (Å²) in [5.41, 5.74) is 5.67. The molecule has 0 spiro atoms. The Morgan fingerprint density at radius 3 is 2.69 bits per heavy atom. The standard InChI is InChI=1S/C18H17N5O2S/c1-12(26-18-20-15-5-3-4-6-16(15)21-18)17(24)22-19-11-13-7-9-14(10-8-13)23(2)25/h3-12H,1-2H3,(H-,20,21,22,24,25)/p+1. The van der Waals surface area contributed by atoms with Crippen molar-refractivity contribution in [1.82, 2.24) is 15.4 Å². The predicted octanol–water partition coefficient (Wildman–Crippen LogP) is 3.23. The van der Waals surface area contributed by atoms with Gasteiger partial charge in [0.05, 0.1) is 22.5 Å². The van der Waals surface area contributed by atoms with Gasteiger partial charge in [0.15, 0.2) is 12.2 Å². The highest BCUT2D eigenvalue weighted by Gasteiger charge is 2.16. The van der Waals surface area contributed by atoms with E-state index in [4.69, 9.17) is 0 Å². The van der Waals surface area contributed by atoms with Crippen LogP contribution in [0, 0.1) is 4.91 Å². The summed E-state index contributed by atoms with van der Waals surface area (Å²) in [5.74, 6) is -0.220. The SMILES string of the molecule is CC(Sc1nc2ccccc2[nH]1)C(=O)N/N=C/c1ccc([N+](C)=O)cc1. The van der Waals surface area contributed by atoms with Gasteiger partial charge in [0.1, 0.15) is 0 Å². The molecule has 1 amide bonds. The Morgan fingerprint density at radius 1 is 1.27 bits per heavy atom. The highest BCUT2D eigenvalue weighted by molar-refractivity contribution is 8.00. The lowest BCUT2D eigenvalue weighted by molar-refractivity contribution is -0.428. The van der Waals surface area contributed by atoms with Gasteiger partial charge in [-0.2, -0.15) is 5.10 Å². The Hall–Kier alpha value is -3.00. The number of rotatable bonds is 6. The van der Waals surface area contributed by atoms with E-state index >= 15 is 0 Å². The molecule has 2 N–H and O–H groups in total. The van der Waals surface area contributed by atoms with E-state index < -0.39 is 0 Å². The van der Waals surface area contributed by atoms with Gasteiger partial charge in [0.25, 0.3) is 11.6 Å². The molecule has 3 aromatic rings. The number of thioether (sulfide) groups is 1. The lowest BCUT2D eigenvalue weighted by Crippen LogP contribution is -2.26. The molecule has 1 atom stereocenters. The molecule has 0 bridgehead atoms. The minimum Gasteiger partial charge on any atom is -0.333 e. The molecule has 0 aliphatic heterocycles. The Kier molecular flexibility index (Phi) is 5.43. The van der Waals surface area contributed by atoms with E-state index in [0.29, 0.717) is 10.8 Å². The molecule has 0 aliphatic carbocycles. The van der Waals surface area contributed by atoms with Gasteiger partial charge in [0, 0.05) is 21.8 Å². The highest BCUT2D eigenvalue weighted by Crippen LogP contribution is 2.23. The normalized spacial score (nSPS) is 12.4. The third kappa shape index (κ3) is 4.34. The van der Waals surface area contributed by atoms with Gasteiger partial charge >= 0.3 is 0 Å². The lowest BCUT2D eigenvalue weighted by Gasteiger charge is -2.06. The van der Waals surface area contributed by atoms with E-state index in [1.165, 1.54) is 25.0 Å². The largest absolute Gasteiger partial charge is 0.333 e. The number of hydrazone groups is 1. The molecule has 1 aromatic heterocycles. The number of amides is 1. The van der Waals surface area contributed by atoms with Crippen molar-refractivity contribution in [1.29, 1.82) is 0 Å². The van der Waals surface area contributed by atoms with Crippen molar-refractivity contribution < 1.29 is 9.55 Å². The fraction of sp³-hybridized carbons (Fsp3) is 0.167. The Bertz CT molecular complexity index is 932. The molecule has 26 heavy (non-hydrogen) atoms. The summed E-state index contributed by atoms with van der Waals surface area (Å²) in [5, 5.41) is 4.29. The van der Waals surface area contributed by atoms with Crippen molar-refractivity contribution in [3.8, 4) is 0 Å². The first-order chi connectivity index (χ1) is 12.5. The number of para-hydroxylation sites is 2. The number of imidazole rings is 1. The van der Waals surface area contributed by atoms with Gasteiger partial charge in [-0.3, -0.25) is 4.79 Å². The van der Waals surface area contributed by atoms with Crippen LogP contribution in [0.15, 0.2) is 58.8 Å². The van der Waals surface area contributed by atoms with Crippen LogP contribution in [0.4, 0.5) is 5.69 Å². The molecule has 3 rings (SSSR count). The number of benzene rings is 2. The van der Waals surface area contributed by atoms with Crippen molar-refractivity contribution in [2.75, 3.05) is 7.05 Å². The molecule has 7 nitrogen and oxygen atoms in total. The zero-order valence-corrected chi connectivity index (χ0v) is 15.2. The van der Waals surface area contributed by atoms with Crippen molar-refractivity contribution in [2.45, 2.75) is 17.3 Å². The number of carbonyl (C=O) groups is 1. The van der Waals surface area contributed by atoms with Gasteiger partial charge in [-0.05, 0) is 36.8 Å². The van der Waals surface area contributed by atoms with Crippen LogP contribution >= 0.6 is 11.8 Å². The Balaban J connectivity index is 1.55. The molecule has 1 unspecified atom stereocenters. The minimum absolute atomic E-state index is 0.220. The number of nitrogens with one attached hydrogen (secondary N) is 2. The van der Waals surface area contributed by atoms with Crippen LogP contribution in [-0.2, 0) is 4.79 Å². The van der Waals surface area contributed by atoms with E-state index in [9.17, 15) is 9.70 Å². The van der Waals surface area contributed by atoms with Gasteiger partial charge in [-0.1, -0.05) is 23.9 Å². The summed E-state index contributed by atoms with van der Waals surface area (Å²) < 4.78 is 0.777. The molecule has 8 heteroatoms.